The molecule has 3 fully saturated rings. The molecular formula is C19H26F3N3O2S. The second-order valence-electron chi connectivity index (χ2n) is 8.42. The Bertz CT molecular complexity index is 753. The third-order valence-corrected chi connectivity index (χ3v) is 7.91. The maximum absolute atomic E-state index is 12.8. The number of halogens is 3. The van der Waals surface area contributed by atoms with Gasteiger partial charge in [0.15, 0.2) is 0 Å². The minimum atomic E-state index is -4.48. The Morgan fingerprint density at radius 1 is 1.21 bits per heavy atom. The minimum absolute atomic E-state index is 0.178. The largest absolute Gasteiger partial charge is 0.433 e. The van der Waals surface area contributed by atoms with Crippen LogP contribution < -0.4 is 0 Å². The molecule has 28 heavy (non-hydrogen) atoms. The number of pyridine rings is 1. The molecule has 1 aromatic heterocycles. The van der Waals surface area contributed by atoms with Crippen molar-refractivity contribution in [1.29, 1.82) is 0 Å². The van der Waals surface area contributed by atoms with Crippen molar-refractivity contribution in [3.63, 3.8) is 0 Å². The molecule has 0 bridgehead atoms. The molecule has 1 aromatic rings. The fourth-order valence-electron chi connectivity index (χ4n) is 4.65. The lowest BCUT2D eigenvalue weighted by molar-refractivity contribution is -0.141. The molecule has 0 saturated carbocycles. The van der Waals surface area contributed by atoms with Gasteiger partial charge < -0.3 is 4.74 Å². The molecule has 1 spiro atoms. The van der Waals surface area contributed by atoms with Gasteiger partial charge in [-0.1, -0.05) is 0 Å². The van der Waals surface area contributed by atoms with Crippen molar-refractivity contribution in [2.75, 3.05) is 39.4 Å². The van der Waals surface area contributed by atoms with Crippen LogP contribution >= 0.6 is 0 Å². The molecule has 3 aliphatic heterocycles. The van der Waals surface area contributed by atoms with Gasteiger partial charge in [0.25, 0.3) is 0 Å². The number of aryl methyl sites for hydroxylation is 1. The van der Waals surface area contributed by atoms with Crippen molar-refractivity contribution in [2.45, 2.75) is 43.8 Å². The lowest BCUT2D eigenvalue weighted by Crippen LogP contribution is -2.73. The molecule has 0 aliphatic carbocycles. The summed E-state index contributed by atoms with van der Waals surface area (Å²) in [4.78, 5) is 6.47. The van der Waals surface area contributed by atoms with Gasteiger partial charge in [0.05, 0.1) is 10.6 Å². The molecule has 2 atom stereocenters. The Hall–Kier alpha value is -1.03. The van der Waals surface area contributed by atoms with Crippen molar-refractivity contribution >= 4 is 11.0 Å². The van der Waals surface area contributed by atoms with Gasteiger partial charge in [0.2, 0.25) is 0 Å². The summed E-state index contributed by atoms with van der Waals surface area (Å²) in [5.41, 5.74) is -0.581. The van der Waals surface area contributed by atoms with Crippen LogP contribution in [0.25, 0.3) is 0 Å². The topological polar surface area (TPSA) is 45.7 Å². The standard InChI is InChI=1S/C19H26F3N3O2S/c1-13-16(3-4-17(23-13)19(20,21)22)28(26)25-11-18(12-25)9-24(10-18)14(2)15-5-7-27-8-6-15/h3-4,14-15H,5-12H2,1-2H3. The Kier molecular flexibility index (Phi) is 5.31. The Morgan fingerprint density at radius 3 is 2.43 bits per heavy atom. The van der Waals surface area contributed by atoms with Crippen molar-refractivity contribution in [2.24, 2.45) is 11.3 Å². The van der Waals surface area contributed by atoms with Crippen LogP contribution in [0, 0.1) is 18.3 Å². The summed E-state index contributed by atoms with van der Waals surface area (Å²) >= 11 is 0. The fraction of sp³-hybridized carbons (Fsp3) is 0.737. The highest BCUT2D eigenvalue weighted by Crippen LogP contribution is 2.43. The molecule has 0 aromatic carbocycles. The molecule has 0 radical (unpaired) electrons. The monoisotopic (exact) mass is 417 g/mol. The quantitative estimate of drug-likeness (QED) is 0.756. The van der Waals surface area contributed by atoms with Gasteiger partial charge in [-0.2, -0.15) is 13.2 Å². The van der Waals surface area contributed by atoms with E-state index in [0.29, 0.717) is 16.9 Å². The zero-order chi connectivity index (χ0) is 20.1. The molecule has 3 aliphatic rings. The number of nitrogens with zero attached hydrogens (tertiary/aromatic N) is 3. The number of alkyl halides is 3. The third-order valence-electron chi connectivity index (χ3n) is 6.38. The number of ether oxygens (including phenoxy) is 1. The summed E-state index contributed by atoms with van der Waals surface area (Å²) in [6.45, 7) is 8.91. The number of rotatable bonds is 4. The fourth-order valence-corrected chi connectivity index (χ4v) is 6.19. The maximum Gasteiger partial charge on any atom is 0.433 e. The SMILES string of the molecule is Cc1nc(C(F)(F)F)ccc1S(=O)N1CC2(CN(C(C)C3CCOCC3)C2)C1. The summed E-state index contributed by atoms with van der Waals surface area (Å²) in [5.74, 6) is 0.678. The first-order valence-electron chi connectivity index (χ1n) is 9.72. The second-order valence-corrected chi connectivity index (χ2v) is 9.87. The molecule has 0 amide bonds. The van der Waals surface area contributed by atoms with Gasteiger partial charge in [0.1, 0.15) is 16.7 Å². The zero-order valence-corrected chi connectivity index (χ0v) is 17.0. The first-order valence-corrected chi connectivity index (χ1v) is 10.8. The smallest absolute Gasteiger partial charge is 0.381 e. The van der Waals surface area contributed by atoms with Crippen molar-refractivity contribution in [3.05, 3.63) is 23.5 Å². The number of likely N-dealkylation sites (tertiary alicyclic amines) is 1. The Labute approximate surface area is 165 Å². The Morgan fingerprint density at radius 2 is 1.86 bits per heavy atom. The molecule has 4 heterocycles. The average Bonchev–Trinajstić information content (AvgIpc) is 2.58. The maximum atomic E-state index is 12.8. The van der Waals surface area contributed by atoms with E-state index in [1.54, 1.807) is 0 Å². The highest BCUT2D eigenvalue weighted by atomic mass is 32.2. The lowest BCUT2D eigenvalue weighted by atomic mass is 9.72. The van der Waals surface area contributed by atoms with Crippen LogP contribution in [0.2, 0.25) is 0 Å². The van der Waals surface area contributed by atoms with Crippen LogP contribution in [-0.2, 0) is 21.9 Å². The van der Waals surface area contributed by atoms with Crippen molar-refractivity contribution in [3.8, 4) is 0 Å². The van der Waals surface area contributed by atoms with Crippen molar-refractivity contribution < 1.29 is 22.1 Å². The van der Waals surface area contributed by atoms with Gasteiger partial charge in [-0.3, -0.25) is 4.90 Å². The Balaban J connectivity index is 1.32. The predicted octanol–water partition coefficient (Wildman–Crippen LogP) is 2.86. The first kappa shape index (κ1) is 20.3. The van der Waals surface area contributed by atoms with E-state index < -0.39 is 22.9 Å². The van der Waals surface area contributed by atoms with E-state index in [1.165, 1.54) is 13.0 Å². The summed E-state index contributed by atoms with van der Waals surface area (Å²) in [6.07, 6.45) is -2.26. The predicted molar refractivity (Wildman–Crippen MR) is 99.0 cm³/mol. The minimum Gasteiger partial charge on any atom is -0.381 e. The summed E-state index contributed by atoms with van der Waals surface area (Å²) in [5, 5.41) is 0. The summed E-state index contributed by atoms with van der Waals surface area (Å²) in [7, 11) is -1.46. The summed E-state index contributed by atoms with van der Waals surface area (Å²) < 4.78 is 58.4. The summed E-state index contributed by atoms with van der Waals surface area (Å²) in [6, 6.07) is 2.75. The number of hydrogen-bond donors (Lipinski definition) is 0. The van der Waals surface area contributed by atoms with Gasteiger partial charge in [-0.05, 0) is 44.7 Å². The lowest BCUT2D eigenvalue weighted by Gasteiger charge is -2.62. The normalized spacial score (nSPS) is 25.9. The van der Waals surface area contributed by atoms with Crippen molar-refractivity contribution in [1.82, 2.24) is 14.2 Å². The first-order chi connectivity index (χ1) is 13.2. The highest BCUT2D eigenvalue weighted by Gasteiger charge is 2.54. The molecule has 2 unspecified atom stereocenters. The number of aromatic nitrogens is 1. The molecule has 9 heteroatoms. The van der Waals surface area contributed by atoms with Crippen LogP contribution in [-0.4, -0.2) is 63.8 Å². The van der Waals surface area contributed by atoms with Crippen LogP contribution in [0.1, 0.15) is 31.2 Å². The molecule has 0 N–H and O–H groups in total. The van der Waals surface area contributed by atoms with Crippen LogP contribution in [0.15, 0.2) is 17.0 Å². The average molecular weight is 417 g/mol. The van der Waals surface area contributed by atoms with E-state index in [0.717, 1.165) is 58.3 Å². The van der Waals surface area contributed by atoms with Crippen LogP contribution in [0.3, 0.4) is 0 Å². The molecule has 5 nitrogen and oxygen atoms in total. The van der Waals surface area contributed by atoms with E-state index in [4.69, 9.17) is 4.74 Å². The van der Waals surface area contributed by atoms with Crippen LogP contribution in [0.4, 0.5) is 13.2 Å². The second kappa shape index (κ2) is 7.34. The van der Waals surface area contributed by atoms with E-state index >= 15 is 0 Å². The van der Waals surface area contributed by atoms with E-state index in [-0.39, 0.29) is 11.1 Å². The third kappa shape index (κ3) is 3.74. The highest BCUT2D eigenvalue weighted by molar-refractivity contribution is 7.82. The molecule has 3 saturated heterocycles. The van der Waals surface area contributed by atoms with E-state index in [2.05, 4.69) is 16.8 Å². The number of hydrogen-bond acceptors (Lipinski definition) is 4. The molecule has 156 valence electrons. The molecular weight excluding hydrogens is 391 g/mol. The molecule has 4 rings (SSSR count). The van der Waals surface area contributed by atoms with Gasteiger partial charge >= 0.3 is 6.18 Å². The zero-order valence-electron chi connectivity index (χ0n) is 16.2. The van der Waals surface area contributed by atoms with E-state index in [1.807, 2.05) is 4.31 Å². The van der Waals surface area contributed by atoms with Gasteiger partial charge in [-0.15, -0.1) is 0 Å². The van der Waals surface area contributed by atoms with Gasteiger partial charge in [-0.25, -0.2) is 13.5 Å². The van der Waals surface area contributed by atoms with Crippen LogP contribution in [0.5, 0.6) is 0 Å². The van der Waals surface area contributed by atoms with E-state index in [9.17, 15) is 17.4 Å². The van der Waals surface area contributed by atoms with Gasteiger partial charge in [0, 0.05) is 50.8 Å².